The molecule has 1 saturated carbocycles. The lowest BCUT2D eigenvalue weighted by Crippen LogP contribution is -2.51. The van der Waals surface area contributed by atoms with E-state index in [-0.39, 0.29) is 23.2 Å². The molecule has 10 heteroatoms. The summed E-state index contributed by atoms with van der Waals surface area (Å²) in [6, 6.07) is 3.95. The van der Waals surface area contributed by atoms with Crippen molar-refractivity contribution in [3.05, 3.63) is 30.1 Å². The van der Waals surface area contributed by atoms with Gasteiger partial charge in [-0.15, -0.1) is 0 Å². The number of unbranched alkanes of at least 4 members (excludes halogenated alkanes) is 7. The molecular weight excluding hydrogens is 579 g/mol. The minimum atomic E-state index is -4.48. The van der Waals surface area contributed by atoms with Crippen LogP contribution >= 0.6 is 0 Å². The predicted molar refractivity (Wildman–Crippen MR) is 174 cm³/mol. The molecule has 4 rings (SSSR count). The van der Waals surface area contributed by atoms with E-state index in [1.165, 1.54) is 57.3 Å². The van der Waals surface area contributed by atoms with Gasteiger partial charge in [-0.2, -0.15) is 13.2 Å². The van der Waals surface area contributed by atoms with Crippen LogP contribution in [0.25, 0.3) is 10.9 Å². The Hall–Kier alpha value is -2.46. The van der Waals surface area contributed by atoms with Gasteiger partial charge < -0.3 is 19.9 Å². The van der Waals surface area contributed by atoms with E-state index in [0.29, 0.717) is 43.1 Å². The lowest BCUT2D eigenvalue weighted by Gasteiger charge is -2.44. The van der Waals surface area contributed by atoms with Crippen LogP contribution < -0.4 is 5.32 Å². The lowest BCUT2D eigenvalue weighted by atomic mass is 9.78. The third kappa shape index (κ3) is 9.77. The number of ether oxygens (including phenoxy) is 1. The maximum Gasteiger partial charge on any atom is 0.416 e. The van der Waals surface area contributed by atoms with Crippen LogP contribution in [-0.4, -0.2) is 76.6 Å². The van der Waals surface area contributed by atoms with Gasteiger partial charge in [0.25, 0.3) is 0 Å². The molecule has 1 aromatic carbocycles. The number of nitrogens with one attached hydrogen (secondary N) is 1. The van der Waals surface area contributed by atoms with Gasteiger partial charge in [0.05, 0.1) is 11.1 Å². The fraction of sp³-hybridized carbons (Fsp3) is 0.743. The molecular formula is C35H54F3N5O2. The number of rotatable bonds is 17. The van der Waals surface area contributed by atoms with Crippen molar-refractivity contribution in [2.24, 2.45) is 5.92 Å². The summed E-state index contributed by atoms with van der Waals surface area (Å²) >= 11 is 0. The average Bonchev–Trinajstić information content (AvgIpc) is 3.37. The molecule has 1 aliphatic carbocycles. The van der Waals surface area contributed by atoms with Crippen molar-refractivity contribution in [3.8, 4) is 0 Å². The van der Waals surface area contributed by atoms with E-state index >= 15 is 0 Å². The Morgan fingerprint density at radius 2 is 1.76 bits per heavy atom. The first-order valence-electron chi connectivity index (χ1n) is 17.3. The van der Waals surface area contributed by atoms with Gasteiger partial charge in [0.1, 0.15) is 18.2 Å². The normalized spacial score (nSPS) is 22.7. The first-order chi connectivity index (χ1) is 21.6. The smallest absolute Gasteiger partial charge is 0.381 e. The zero-order chi connectivity index (χ0) is 32.4. The van der Waals surface area contributed by atoms with Gasteiger partial charge in [0.15, 0.2) is 0 Å². The monoisotopic (exact) mass is 633 g/mol. The van der Waals surface area contributed by atoms with Gasteiger partial charge in [0, 0.05) is 43.3 Å². The van der Waals surface area contributed by atoms with Gasteiger partial charge in [0.2, 0.25) is 5.91 Å². The molecule has 45 heavy (non-hydrogen) atoms. The highest BCUT2D eigenvalue weighted by Crippen LogP contribution is 2.37. The molecule has 252 valence electrons. The van der Waals surface area contributed by atoms with Gasteiger partial charge in [-0.25, -0.2) is 9.97 Å². The Bertz CT molecular complexity index is 1210. The summed E-state index contributed by atoms with van der Waals surface area (Å²) in [5, 5.41) is 3.45. The maximum absolute atomic E-state index is 13.8. The Morgan fingerprint density at radius 3 is 2.47 bits per heavy atom. The number of likely N-dealkylation sites (tertiary alicyclic amines) is 1. The third-order valence-corrected chi connectivity index (χ3v) is 9.99. The van der Waals surface area contributed by atoms with Gasteiger partial charge in [-0.1, -0.05) is 51.9 Å². The number of alkyl halides is 3. The second kappa shape index (κ2) is 16.9. The second-order valence-corrected chi connectivity index (χ2v) is 13.4. The summed E-state index contributed by atoms with van der Waals surface area (Å²) in [4.78, 5) is 26.6. The summed E-state index contributed by atoms with van der Waals surface area (Å²) in [7, 11) is 2.20. The van der Waals surface area contributed by atoms with Crippen LogP contribution in [0.1, 0.15) is 110 Å². The zero-order valence-corrected chi connectivity index (χ0v) is 27.7. The SMILES string of the molecule is CCCCCCCCCCOCC[C@@H]1C[C@H](N(C)C(C)C)CC[C@@H]1N1CC[C@H](Nc2ncnc3ccc(C(F)(F)F)cc23)C1=O. The molecule has 1 aromatic heterocycles. The van der Waals surface area contributed by atoms with E-state index in [0.717, 1.165) is 50.8 Å². The molecule has 0 unspecified atom stereocenters. The average molecular weight is 634 g/mol. The van der Waals surface area contributed by atoms with Crippen LogP contribution in [0.15, 0.2) is 24.5 Å². The summed E-state index contributed by atoms with van der Waals surface area (Å²) in [5.41, 5.74) is -0.356. The number of benzene rings is 1. The Balaban J connectivity index is 1.35. The Kier molecular flexibility index (Phi) is 13.3. The van der Waals surface area contributed by atoms with Crippen LogP contribution in [0.4, 0.5) is 19.0 Å². The second-order valence-electron chi connectivity index (χ2n) is 13.4. The fourth-order valence-electron chi connectivity index (χ4n) is 7.09. The van der Waals surface area contributed by atoms with Crippen molar-refractivity contribution in [3.63, 3.8) is 0 Å². The number of aromatic nitrogens is 2. The zero-order valence-electron chi connectivity index (χ0n) is 27.7. The topological polar surface area (TPSA) is 70.6 Å². The molecule has 7 nitrogen and oxygen atoms in total. The highest BCUT2D eigenvalue weighted by Gasteiger charge is 2.42. The van der Waals surface area contributed by atoms with Crippen molar-refractivity contribution < 1.29 is 22.7 Å². The van der Waals surface area contributed by atoms with Crippen molar-refractivity contribution in [2.45, 2.75) is 135 Å². The number of carbonyl (C=O) groups excluding carboxylic acids is 1. The van der Waals surface area contributed by atoms with E-state index in [2.05, 4.69) is 48.0 Å². The van der Waals surface area contributed by atoms with Crippen molar-refractivity contribution in [2.75, 3.05) is 32.1 Å². The largest absolute Gasteiger partial charge is 0.416 e. The van der Waals surface area contributed by atoms with Gasteiger partial charge in [-0.3, -0.25) is 4.79 Å². The molecule has 1 amide bonds. The molecule has 4 atom stereocenters. The molecule has 1 saturated heterocycles. The van der Waals surface area contributed by atoms with E-state index in [1.807, 2.05) is 4.90 Å². The first-order valence-corrected chi connectivity index (χ1v) is 17.3. The molecule has 0 bridgehead atoms. The summed E-state index contributed by atoms with van der Waals surface area (Å²) in [6.45, 7) is 8.81. The van der Waals surface area contributed by atoms with Gasteiger partial charge >= 0.3 is 6.18 Å². The summed E-state index contributed by atoms with van der Waals surface area (Å²) in [6.07, 6.45) is 11.6. The quantitative estimate of drug-likeness (QED) is 0.178. The molecule has 0 spiro atoms. The van der Waals surface area contributed by atoms with E-state index in [9.17, 15) is 18.0 Å². The van der Waals surface area contributed by atoms with Crippen LogP contribution in [0.2, 0.25) is 0 Å². The Labute approximate surface area is 267 Å². The van der Waals surface area contributed by atoms with Crippen LogP contribution in [0, 0.1) is 5.92 Å². The Morgan fingerprint density at radius 1 is 1.02 bits per heavy atom. The van der Waals surface area contributed by atoms with Crippen LogP contribution in [0.3, 0.4) is 0 Å². The fourth-order valence-corrected chi connectivity index (χ4v) is 7.09. The van der Waals surface area contributed by atoms with Crippen LogP contribution in [-0.2, 0) is 15.7 Å². The molecule has 1 N–H and O–H groups in total. The number of amides is 1. The predicted octanol–water partition coefficient (Wildman–Crippen LogP) is 8.09. The number of halogens is 3. The lowest BCUT2D eigenvalue weighted by molar-refractivity contribution is -0.137. The molecule has 2 aromatic rings. The molecule has 0 radical (unpaired) electrons. The summed E-state index contributed by atoms with van der Waals surface area (Å²) in [5.74, 6) is 0.596. The highest BCUT2D eigenvalue weighted by molar-refractivity contribution is 5.93. The minimum absolute atomic E-state index is 0.000688. The molecule has 1 aliphatic heterocycles. The van der Waals surface area contributed by atoms with Gasteiger partial charge in [-0.05, 0) is 83.5 Å². The van der Waals surface area contributed by atoms with E-state index < -0.39 is 17.8 Å². The first kappa shape index (κ1) is 35.4. The number of fused-ring (bicyclic) bond motifs is 1. The molecule has 2 heterocycles. The highest BCUT2D eigenvalue weighted by atomic mass is 19.4. The number of anilines is 1. The van der Waals surface area contributed by atoms with E-state index in [1.54, 1.807) is 0 Å². The summed E-state index contributed by atoms with van der Waals surface area (Å²) < 4.78 is 46.4. The number of nitrogens with zero attached hydrogens (tertiary/aromatic N) is 4. The molecule has 2 fully saturated rings. The van der Waals surface area contributed by atoms with Crippen molar-refractivity contribution >= 4 is 22.6 Å². The standard InChI is InChI=1S/C35H54F3N5O2/c1-5-6-7-8-9-10-11-12-20-45-21-18-26-22-28(42(4)25(2)3)14-16-32(26)43-19-17-31(34(43)44)41-33-29-23-27(35(36,37)38)13-15-30(29)39-24-40-33/h13,15,23-26,28,31-32H,5-12,14,16-22H2,1-4H3,(H,39,40,41)/t26-,28-,31+,32+/m1/s1. The third-order valence-electron chi connectivity index (χ3n) is 9.99. The number of hydrogen-bond acceptors (Lipinski definition) is 6. The van der Waals surface area contributed by atoms with Crippen LogP contribution in [0.5, 0.6) is 0 Å². The maximum atomic E-state index is 13.8. The van der Waals surface area contributed by atoms with Crippen molar-refractivity contribution in [1.82, 2.24) is 19.8 Å². The van der Waals surface area contributed by atoms with E-state index in [4.69, 9.17) is 4.74 Å². The number of hydrogen-bond donors (Lipinski definition) is 1. The number of carbonyl (C=O) groups is 1. The minimum Gasteiger partial charge on any atom is -0.381 e. The molecule has 2 aliphatic rings. The van der Waals surface area contributed by atoms with Crippen molar-refractivity contribution in [1.29, 1.82) is 0 Å².